The van der Waals surface area contributed by atoms with Gasteiger partial charge in [-0.3, -0.25) is 9.59 Å². The molecular formula is C18H26N2O3. The predicted molar refractivity (Wildman–Crippen MR) is 89.3 cm³/mol. The van der Waals surface area contributed by atoms with Gasteiger partial charge >= 0.3 is 0 Å². The molecule has 2 amide bonds. The molecule has 0 radical (unpaired) electrons. The van der Waals surface area contributed by atoms with Crippen LogP contribution >= 0.6 is 0 Å². The van der Waals surface area contributed by atoms with Gasteiger partial charge in [0.1, 0.15) is 5.75 Å². The van der Waals surface area contributed by atoms with Crippen LogP contribution in [0.3, 0.4) is 0 Å². The molecular weight excluding hydrogens is 292 g/mol. The summed E-state index contributed by atoms with van der Waals surface area (Å²) in [6.07, 6.45) is 5.50. The Labute approximate surface area is 137 Å². The van der Waals surface area contributed by atoms with E-state index in [1.807, 2.05) is 31.2 Å². The number of ether oxygens (including phenoxy) is 1. The van der Waals surface area contributed by atoms with Gasteiger partial charge in [-0.05, 0) is 31.9 Å². The fraction of sp³-hybridized carbons (Fsp3) is 0.556. The van der Waals surface area contributed by atoms with Crippen LogP contribution in [0.15, 0.2) is 24.3 Å². The molecule has 0 spiro atoms. The Hall–Kier alpha value is -2.04. The first-order chi connectivity index (χ1) is 11.1. The molecule has 0 atom stereocenters. The third-order valence-electron chi connectivity index (χ3n) is 4.11. The largest absolute Gasteiger partial charge is 0.484 e. The Morgan fingerprint density at radius 1 is 1.04 bits per heavy atom. The van der Waals surface area contributed by atoms with Gasteiger partial charge in [0.15, 0.2) is 6.61 Å². The maximum atomic E-state index is 11.9. The molecule has 1 aromatic rings. The summed E-state index contributed by atoms with van der Waals surface area (Å²) in [6.45, 7) is 2.87. The summed E-state index contributed by atoms with van der Waals surface area (Å²) >= 11 is 0. The van der Waals surface area contributed by atoms with E-state index in [0.717, 1.165) is 31.2 Å². The molecule has 0 unspecified atom stereocenters. The zero-order valence-corrected chi connectivity index (χ0v) is 13.8. The quantitative estimate of drug-likeness (QED) is 0.757. The average molecular weight is 318 g/mol. The second-order valence-electron chi connectivity index (χ2n) is 6.08. The first-order valence-electron chi connectivity index (χ1n) is 8.39. The van der Waals surface area contributed by atoms with E-state index in [1.54, 1.807) is 0 Å². The summed E-state index contributed by atoms with van der Waals surface area (Å²) in [5.74, 6) is 0.771. The Morgan fingerprint density at radius 3 is 2.39 bits per heavy atom. The first-order valence-corrected chi connectivity index (χ1v) is 8.39. The van der Waals surface area contributed by atoms with E-state index in [0.29, 0.717) is 18.8 Å². The zero-order valence-electron chi connectivity index (χ0n) is 13.8. The van der Waals surface area contributed by atoms with Gasteiger partial charge in [-0.15, -0.1) is 0 Å². The Morgan fingerprint density at radius 2 is 1.70 bits per heavy atom. The number of benzene rings is 1. The number of amides is 2. The topological polar surface area (TPSA) is 67.4 Å². The van der Waals surface area contributed by atoms with Crippen LogP contribution in [-0.2, 0) is 9.59 Å². The fourth-order valence-electron chi connectivity index (χ4n) is 2.73. The highest BCUT2D eigenvalue weighted by molar-refractivity contribution is 5.79. The summed E-state index contributed by atoms with van der Waals surface area (Å²) in [6, 6.07) is 7.56. The lowest BCUT2D eigenvalue weighted by Crippen LogP contribution is -2.39. The molecule has 0 heterocycles. The SMILES string of the molecule is Cc1ccc(OCC(=O)NCCNC(=O)C2CCCCC2)cc1. The van der Waals surface area contributed by atoms with Gasteiger partial charge in [0.25, 0.3) is 5.91 Å². The first kappa shape index (κ1) is 17.3. The van der Waals surface area contributed by atoms with Crippen molar-refractivity contribution in [3.63, 3.8) is 0 Å². The second kappa shape index (κ2) is 9.18. The van der Waals surface area contributed by atoms with E-state index < -0.39 is 0 Å². The van der Waals surface area contributed by atoms with Crippen molar-refractivity contribution in [3.05, 3.63) is 29.8 Å². The van der Waals surface area contributed by atoms with Crippen molar-refractivity contribution < 1.29 is 14.3 Å². The predicted octanol–water partition coefficient (Wildman–Crippen LogP) is 2.19. The van der Waals surface area contributed by atoms with Gasteiger partial charge in [-0.2, -0.15) is 0 Å². The lowest BCUT2D eigenvalue weighted by atomic mass is 9.89. The number of carbonyl (C=O) groups excluding carboxylic acids is 2. The summed E-state index contributed by atoms with van der Waals surface area (Å²) < 4.78 is 5.40. The highest BCUT2D eigenvalue weighted by atomic mass is 16.5. The summed E-state index contributed by atoms with van der Waals surface area (Å²) in [4.78, 5) is 23.6. The average Bonchev–Trinajstić information content (AvgIpc) is 2.59. The number of rotatable bonds is 7. The summed E-state index contributed by atoms with van der Waals surface area (Å²) in [5, 5.41) is 5.64. The number of carbonyl (C=O) groups is 2. The number of hydrogen-bond acceptors (Lipinski definition) is 3. The Bertz CT molecular complexity index is 508. The van der Waals surface area contributed by atoms with Crippen LogP contribution in [0, 0.1) is 12.8 Å². The molecule has 1 saturated carbocycles. The minimum absolute atomic E-state index is 0.0143. The molecule has 5 heteroatoms. The maximum absolute atomic E-state index is 11.9. The van der Waals surface area contributed by atoms with Crippen molar-refractivity contribution >= 4 is 11.8 Å². The van der Waals surface area contributed by atoms with E-state index in [9.17, 15) is 9.59 Å². The molecule has 0 aliphatic heterocycles. The molecule has 0 saturated heterocycles. The fourth-order valence-corrected chi connectivity index (χ4v) is 2.73. The normalized spacial score (nSPS) is 15.0. The molecule has 126 valence electrons. The van der Waals surface area contributed by atoms with Gasteiger partial charge in [-0.25, -0.2) is 0 Å². The van der Waals surface area contributed by atoms with Crippen LogP contribution < -0.4 is 15.4 Å². The van der Waals surface area contributed by atoms with E-state index in [4.69, 9.17) is 4.74 Å². The van der Waals surface area contributed by atoms with Crippen molar-refractivity contribution in [2.45, 2.75) is 39.0 Å². The van der Waals surface area contributed by atoms with Gasteiger partial charge in [0.2, 0.25) is 5.91 Å². The van der Waals surface area contributed by atoms with E-state index >= 15 is 0 Å². The zero-order chi connectivity index (χ0) is 16.5. The van der Waals surface area contributed by atoms with Crippen LogP contribution in [0.25, 0.3) is 0 Å². The van der Waals surface area contributed by atoms with E-state index in [2.05, 4.69) is 10.6 Å². The third kappa shape index (κ3) is 6.30. The summed E-state index contributed by atoms with van der Waals surface area (Å²) in [5.41, 5.74) is 1.15. The monoisotopic (exact) mass is 318 g/mol. The molecule has 1 aliphatic carbocycles. The van der Waals surface area contributed by atoms with Crippen LogP contribution in [0.4, 0.5) is 0 Å². The minimum atomic E-state index is -0.183. The Kier molecular flexibility index (Phi) is 6.91. The van der Waals surface area contributed by atoms with Gasteiger partial charge in [0, 0.05) is 19.0 Å². The van der Waals surface area contributed by atoms with Crippen LogP contribution in [0.5, 0.6) is 5.75 Å². The Balaban J connectivity index is 1.55. The van der Waals surface area contributed by atoms with Crippen molar-refractivity contribution in [3.8, 4) is 5.75 Å². The molecule has 1 aliphatic rings. The molecule has 2 rings (SSSR count). The highest BCUT2D eigenvalue weighted by Crippen LogP contribution is 2.23. The van der Waals surface area contributed by atoms with Crippen LogP contribution in [0.1, 0.15) is 37.7 Å². The highest BCUT2D eigenvalue weighted by Gasteiger charge is 2.20. The van der Waals surface area contributed by atoms with Gasteiger partial charge in [-0.1, -0.05) is 37.0 Å². The number of hydrogen-bond donors (Lipinski definition) is 2. The molecule has 5 nitrogen and oxygen atoms in total. The minimum Gasteiger partial charge on any atom is -0.484 e. The van der Waals surface area contributed by atoms with Crippen molar-refractivity contribution in [2.75, 3.05) is 19.7 Å². The van der Waals surface area contributed by atoms with Crippen LogP contribution in [0.2, 0.25) is 0 Å². The molecule has 0 aromatic heterocycles. The van der Waals surface area contributed by atoms with Crippen molar-refractivity contribution in [1.82, 2.24) is 10.6 Å². The van der Waals surface area contributed by atoms with Crippen molar-refractivity contribution in [1.29, 1.82) is 0 Å². The standard InChI is InChI=1S/C18H26N2O3/c1-14-7-9-16(10-8-14)23-13-17(21)19-11-12-20-18(22)15-5-3-2-4-6-15/h7-10,15H,2-6,11-13H2,1H3,(H,19,21)(H,20,22). The maximum Gasteiger partial charge on any atom is 0.258 e. The van der Waals surface area contributed by atoms with Crippen molar-refractivity contribution in [2.24, 2.45) is 5.92 Å². The smallest absolute Gasteiger partial charge is 0.258 e. The lowest BCUT2D eigenvalue weighted by Gasteiger charge is -2.20. The molecule has 2 N–H and O–H groups in total. The number of aryl methyl sites for hydroxylation is 1. The van der Waals surface area contributed by atoms with E-state index in [1.165, 1.54) is 6.42 Å². The summed E-state index contributed by atoms with van der Waals surface area (Å²) in [7, 11) is 0. The third-order valence-corrected chi connectivity index (χ3v) is 4.11. The van der Waals surface area contributed by atoms with E-state index in [-0.39, 0.29) is 24.3 Å². The molecule has 23 heavy (non-hydrogen) atoms. The molecule has 1 aromatic carbocycles. The van der Waals surface area contributed by atoms with Gasteiger partial charge < -0.3 is 15.4 Å². The molecule has 1 fully saturated rings. The second-order valence-corrected chi connectivity index (χ2v) is 6.08. The number of nitrogens with one attached hydrogen (secondary N) is 2. The van der Waals surface area contributed by atoms with Crippen LogP contribution in [-0.4, -0.2) is 31.5 Å². The van der Waals surface area contributed by atoms with Gasteiger partial charge in [0.05, 0.1) is 0 Å². The molecule has 0 bridgehead atoms. The lowest BCUT2D eigenvalue weighted by molar-refractivity contribution is -0.126.